The number of aromatic nitrogens is 3. The number of nitrogens with one attached hydrogen (secondary N) is 1. The number of rotatable bonds is 5. The Morgan fingerprint density at radius 3 is 2.21 bits per heavy atom. The van der Waals surface area contributed by atoms with Gasteiger partial charge in [-0.15, -0.1) is 0 Å². The molecule has 29 heavy (non-hydrogen) atoms. The van der Waals surface area contributed by atoms with Gasteiger partial charge in [-0.05, 0) is 11.5 Å². The maximum Gasteiger partial charge on any atom is 0.220 e. The molecule has 3 aromatic rings. The van der Waals surface area contributed by atoms with Gasteiger partial charge >= 0.3 is 0 Å². The summed E-state index contributed by atoms with van der Waals surface area (Å²) in [5.74, 6) is -1.64. The molecular weight excluding hydrogens is 380 g/mol. The van der Waals surface area contributed by atoms with Crippen LogP contribution in [0.2, 0.25) is 0 Å². The van der Waals surface area contributed by atoms with E-state index in [1.165, 1.54) is 26.5 Å². The summed E-state index contributed by atoms with van der Waals surface area (Å²) in [5, 5.41) is 3.73. The van der Waals surface area contributed by atoms with Crippen LogP contribution in [0, 0.1) is 17.0 Å². The Labute approximate surface area is 167 Å². The fraction of sp³-hybridized carbons (Fsp3) is 0.350. The molecule has 2 heterocycles. The highest BCUT2D eigenvalue weighted by Crippen LogP contribution is 2.38. The SMILES string of the molecule is COc1cc(OC)c(F)c(-c2cc3cnc(N)nc3c(NCC(C)(C)C)n2)c1F. The topological polar surface area (TPSA) is 95.2 Å². The summed E-state index contributed by atoms with van der Waals surface area (Å²) in [6.45, 7) is 6.68. The van der Waals surface area contributed by atoms with E-state index in [2.05, 4.69) is 20.3 Å². The standard InChI is InChI=1S/C20H23F2N5O2/c1-20(2,3)9-25-18-17-10(8-24-19(23)27-17)6-11(26-18)14-15(21)12(28-4)7-13(29-5)16(14)22/h6-8H,9H2,1-5H3,(H,25,26)(H2,23,24,27). The highest BCUT2D eigenvalue weighted by Gasteiger charge is 2.24. The number of nitrogens with zero attached hydrogens (tertiary/aromatic N) is 3. The van der Waals surface area contributed by atoms with Crippen molar-refractivity contribution in [1.29, 1.82) is 0 Å². The number of pyridine rings is 1. The monoisotopic (exact) mass is 403 g/mol. The summed E-state index contributed by atoms with van der Waals surface area (Å²) in [6.07, 6.45) is 1.48. The summed E-state index contributed by atoms with van der Waals surface area (Å²) in [5.41, 5.74) is 5.79. The Hall–Kier alpha value is -3.23. The van der Waals surface area contributed by atoms with E-state index in [4.69, 9.17) is 15.2 Å². The molecule has 0 unspecified atom stereocenters. The third-order valence-corrected chi connectivity index (χ3v) is 4.20. The smallest absolute Gasteiger partial charge is 0.220 e. The van der Waals surface area contributed by atoms with Gasteiger partial charge < -0.3 is 20.5 Å². The minimum Gasteiger partial charge on any atom is -0.494 e. The van der Waals surface area contributed by atoms with Crippen LogP contribution in [-0.2, 0) is 0 Å². The van der Waals surface area contributed by atoms with Crippen LogP contribution < -0.4 is 20.5 Å². The first-order valence-electron chi connectivity index (χ1n) is 8.92. The number of methoxy groups -OCH3 is 2. The number of halogens is 2. The van der Waals surface area contributed by atoms with Crippen LogP contribution in [0.25, 0.3) is 22.2 Å². The van der Waals surface area contributed by atoms with Crippen molar-refractivity contribution in [2.24, 2.45) is 5.41 Å². The molecule has 9 heteroatoms. The van der Waals surface area contributed by atoms with Crippen LogP contribution in [0.3, 0.4) is 0 Å². The number of benzene rings is 1. The summed E-state index contributed by atoms with van der Waals surface area (Å²) in [7, 11) is 2.58. The molecule has 3 rings (SSSR count). The average Bonchev–Trinajstić information content (AvgIpc) is 2.66. The van der Waals surface area contributed by atoms with Crippen molar-refractivity contribution in [3.05, 3.63) is 30.0 Å². The Morgan fingerprint density at radius 1 is 1.03 bits per heavy atom. The largest absolute Gasteiger partial charge is 0.494 e. The third-order valence-electron chi connectivity index (χ3n) is 4.20. The number of hydrogen-bond acceptors (Lipinski definition) is 7. The molecule has 0 aliphatic carbocycles. The van der Waals surface area contributed by atoms with Gasteiger partial charge in [0.1, 0.15) is 5.52 Å². The molecule has 0 fully saturated rings. The molecule has 0 saturated carbocycles. The van der Waals surface area contributed by atoms with Crippen molar-refractivity contribution in [3.8, 4) is 22.8 Å². The van der Waals surface area contributed by atoms with Gasteiger partial charge in [0.15, 0.2) is 29.0 Å². The second kappa shape index (κ2) is 7.65. The zero-order chi connectivity index (χ0) is 21.3. The van der Waals surface area contributed by atoms with Crippen molar-refractivity contribution in [1.82, 2.24) is 15.0 Å². The Bertz CT molecular complexity index is 1040. The molecule has 0 radical (unpaired) electrons. The van der Waals surface area contributed by atoms with Gasteiger partial charge in [-0.25, -0.2) is 23.7 Å². The number of nitrogens with two attached hydrogens (primary N) is 1. The van der Waals surface area contributed by atoms with E-state index in [1.54, 1.807) is 0 Å². The average molecular weight is 403 g/mol. The predicted molar refractivity (Wildman–Crippen MR) is 108 cm³/mol. The Balaban J connectivity index is 2.27. The van der Waals surface area contributed by atoms with Crippen LogP contribution in [0.5, 0.6) is 11.5 Å². The minimum absolute atomic E-state index is 0.0504. The van der Waals surface area contributed by atoms with Crippen molar-refractivity contribution in [2.45, 2.75) is 20.8 Å². The van der Waals surface area contributed by atoms with E-state index in [0.717, 1.165) is 6.07 Å². The van der Waals surface area contributed by atoms with Crippen LogP contribution in [-0.4, -0.2) is 35.7 Å². The van der Waals surface area contributed by atoms with Crippen molar-refractivity contribution in [2.75, 3.05) is 31.8 Å². The van der Waals surface area contributed by atoms with Gasteiger partial charge in [-0.3, -0.25) is 0 Å². The number of ether oxygens (including phenoxy) is 2. The molecule has 0 atom stereocenters. The molecule has 2 aromatic heterocycles. The zero-order valence-electron chi connectivity index (χ0n) is 16.9. The lowest BCUT2D eigenvalue weighted by molar-refractivity contribution is 0.359. The van der Waals surface area contributed by atoms with Crippen LogP contribution in [0.1, 0.15) is 20.8 Å². The molecule has 0 bridgehead atoms. The van der Waals surface area contributed by atoms with E-state index in [9.17, 15) is 8.78 Å². The van der Waals surface area contributed by atoms with E-state index >= 15 is 0 Å². The molecule has 7 nitrogen and oxygen atoms in total. The molecular formula is C20H23F2N5O2. The van der Waals surface area contributed by atoms with Crippen LogP contribution >= 0.6 is 0 Å². The first-order valence-corrected chi connectivity index (χ1v) is 8.92. The molecule has 154 valence electrons. The van der Waals surface area contributed by atoms with Crippen molar-refractivity contribution < 1.29 is 18.3 Å². The molecule has 0 aliphatic heterocycles. The Morgan fingerprint density at radius 2 is 1.66 bits per heavy atom. The van der Waals surface area contributed by atoms with E-state index < -0.39 is 11.6 Å². The van der Waals surface area contributed by atoms with Crippen LogP contribution in [0.4, 0.5) is 20.5 Å². The molecule has 0 spiro atoms. The number of fused-ring (bicyclic) bond motifs is 1. The van der Waals surface area contributed by atoms with Gasteiger partial charge in [0.05, 0.1) is 25.5 Å². The summed E-state index contributed by atoms with van der Waals surface area (Å²) in [4.78, 5) is 12.6. The Kier molecular flexibility index (Phi) is 5.41. The maximum absolute atomic E-state index is 15.0. The fourth-order valence-electron chi connectivity index (χ4n) is 2.76. The van der Waals surface area contributed by atoms with Gasteiger partial charge in [0, 0.05) is 24.2 Å². The first-order chi connectivity index (χ1) is 13.6. The normalized spacial score (nSPS) is 11.6. The molecule has 1 aromatic carbocycles. The molecule has 0 saturated heterocycles. The fourth-order valence-corrected chi connectivity index (χ4v) is 2.76. The second-order valence-electron chi connectivity index (χ2n) is 7.72. The number of nitrogen functional groups attached to an aromatic ring is 1. The van der Waals surface area contributed by atoms with Gasteiger partial charge in [0.2, 0.25) is 5.95 Å². The lowest BCUT2D eigenvalue weighted by Crippen LogP contribution is -2.20. The second-order valence-corrected chi connectivity index (χ2v) is 7.72. The maximum atomic E-state index is 15.0. The zero-order valence-corrected chi connectivity index (χ0v) is 16.9. The third kappa shape index (κ3) is 4.13. The lowest BCUT2D eigenvalue weighted by atomic mass is 9.97. The highest BCUT2D eigenvalue weighted by molar-refractivity contribution is 5.91. The lowest BCUT2D eigenvalue weighted by Gasteiger charge is -2.20. The highest BCUT2D eigenvalue weighted by atomic mass is 19.1. The summed E-state index contributed by atoms with van der Waals surface area (Å²) in [6, 6.07) is 2.65. The molecule has 0 aliphatic rings. The first kappa shape index (κ1) is 20.5. The van der Waals surface area contributed by atoms with Gasteiger partial charge in [-0.1, -0.05) is 20.8 Å². The summed E-state index contributed by atoms with van der Waals surface area (Å²) < 4.78 is 40.0. The van der Waals surface area contributed by atoms with E-state index in [0.29, 0.717) is 23.3 Å². The molecule has 0 amide bonds. The molecule has 3 N–H and O–H groups in total. The minimum atomic E-state index is -0.879. The quantitative estimate of drug-likeness (QED) is 0.664. The summed E-state index contributed by atoms with van der Waals surface area (Å²) >= 11 is 0. The van der Waals surface area contributed by atoms with Crippen molar-refractivity contribution in [3.63, 3.8) is 0 Å². The van der Waals surface area contributed by atoms with E-state index in [-0.39, 0.29) is 34.1 Å². The van der Waals surface area contributed by atoms with Crippen LogP contribution in [0.15, 0.2) is 18.3 Å². The van der Waals surface area contributed by atoms with E-state index in [1.807, 2.05) is 20.8 Å². The van der Waals surface area contributed by atoms with Gasteiger partial charge in [0.25, 0.3) is 0 Å². The number of hydrogen-bond donors (Lipinski definition) is 2. The van der Waals surface area contributed by atoms with Crippen molar-refractivity contribution >= 4 is 22.7 Å². The van der Waals surface area contributed by atoms with Gasteiger partial charge in [-0.2, -0.15) is 0 Å². The predicted octanol–water partition coefficient (Wildman–Crippen LogP) is 4.03. The number of anilines is 2.